The van der Waals surface area contributed by atoms with Crippen LogP contribution < -0.4 is 0 Å². The Bertz CT molecular complexity index is 915. The molecule has 1 aromatic carbocycles. The molecule has 0 unspecified atom stereocenters. The minimum Gasteiger partial charge on any atom is -0.394 e. The lowest BCUT2D eigenvalue weighted by Gasteiger charge is -2.51. The molecule has 0 spiro atoms. The number of carbonyl (C=O) groups is 1. The number of allylic oxidation sites excluding steroid dienone is 2. The van der Waals surface area contributed by atoms with E-state index in [0.717, 1.165) is 18.4 Å². The second-order valence-electron chi connectivity index (χ2n) is 7.37. The molecule has 0 bridgehead atoms. The molecule has 5 nitrogen and oxygen atoms in total. The number of rotatable bonds is 4. The molecule has 1 aliphatic heterocycles. The molecule has 1 fully saturated rings. The van der Waals surface area contributed by atoms with Crippen LogP contribution in [0.4, 0.5) is 0 Å². The molecular weight excluding hydrogens is 350 g/mol. The lowest BCUT2D eigenvalue weighted by molar-refractivity contribution is -0.00629. The van der Waals surface area contributed by atoms with E-state index in [1.165, 1.54) is 28.9 Å². The van der Waals surface area contributed by atoms with Gasteiger partial charge in [0.1, 0.15) is 11.7 Å². The Labute approximate surface area is 164 Å². The molecule has 0 saturated carbocycles. The third kappa shape index (κ3) is 3.21. The molecular formula is C23H23N3O2. The van der Waals surface area contributed by atoms with Crippen molar-refractivity contribution in [1.29, 1.82) is 5.26 Å². The van der Waals surface area contributed by atoms with E-state index >= 15 is 0 Å². The highest BCUT2D eigenvalue weighted by atomic mass is 16.3. The first-order chi connectivity index (χ1) is 13.7. The molecule has 1 N–H and O–H groups in total. The second kappa shape index (κ2) is 7.95. The number of benzene rings is 1. The Hall–Kier alpha value is -2.97. The van der Waals surface area contributed by atoms with Crippen molar-refractivity contribution in [1.82, 2.24) is 9.88 Å². The van der Waals surface area contributed by atoms with E-state index in [-0.39, 0.29) is 18.4 Å². The smallest absolute Gasteiger partial charge is 0.273 e. The van der Waals surface area contributed by atoms with E-state index in [9.17, 15) is 15.2 Å². The van der Waals surface area contributed by atoms with Gasteiger partial charge in [0.2, 0.25) is 0 Å². The number of nitriles is 1. The summed E-state index contributed by atoms with van der Waals surface area (Å²) in [6.07, 6.45) is 8.58. The summed E-state index contributed by atoms with van der Waals surface area (Å²) in [4.78, 5) is 18.4. The molecule has 0 radical (unpaired) electrons. The van der Waals surface area contributed by atoms with E-state index in [1.807, 2.05) is 12.1 Å². The van der Waals surface area contributed by atoms with Gasteiger partial charge in [0.05, 0.1) is 18.7 Å². The zero-order valence-electron chi connectivity index (χ0n) is 15.7. The molecule has 2 heterocycles. The van der Waals surface area contributed by atoms with E-state index in [4.69, 9.17) is 0 Å². The van der Waals surface area contributed by atoms with Crippen molar-refractivity contribution in [3.63, 3.8) is 0 Å². The summed E-state index contributed by atoms with van der Waals surface area (Å²) in [5, 5.41) is 19.6. The fourth-order valence-electron chi connectivity index (χ4n) is 4.33. The van der Waals surface area contributed by atoms with Crippen LogP contribution in [0.2, 0.25) is 0 Å². The maximum absolute atomic E-state index is 12.8. The largest absolute Gasteiger partial charge is 0.394 e. The van der Waals surface area contributed by atoms with Crippen molar-refractivity contribution in [2.75, 3.05) is 6.61 Å². The highest BCUT2D eigenvalue weighted by Gasteiger charge is 2.52. The average Bonchev–Trinajstić information content (AvgIpc) is 2.75. The van der Waals surface area contributed by atoms with Crippen molar-refractivity contribution >= 4 is 11.5 Å². The predicted octanol–water partition coefficient (Wildman–Crippen LogP) is 3.53. The van der Waals surface area contributed by atoms with Crippen molar-refractivity contribution in [2.45, 2.75) is 43.7 Å². The van der Waals surface area contributed by atoms with Gasteiger partial charge in [0.25, 0.3) is 5.91 Å². The van der Waals surface area contributed by atoms with Crippen LogP contribution in [0, 0.1) is 11.3 Å². The molecule has 142 valence electrons. The van der Waals surface area contributed by atoms with Gasteiger partial charge >= 0.3 is 0 Å². The van der Waals surface area contributed by atoms with Crippen LogP contribution in [-0.2, 0) is 0 Å². The molecule has 2 aliphatic rings. The van der Waals surface area contributed by atoms with Crippen molar-refractivity contribution in [2.24, 2.45) is 0 Å². The van der Waals surface area contributed by atoms with Crippen LogP contribution in [0.1, 0.15) is 53.2 Å². The summed E-state index contributed by atoms with van der Waals surface area (Å²) in [5.41, 5.74) is 3.88. The third-order valence-electron chi connectivity index (χ3n) is 5.81. The summed E-state index contributed by atoms with van der Waals surface area (Å²) in [6.45, 7) is -0.186. The topological polar surface area (TPSA) is 77.2 Å². The van der Waals surface area contributed by atoms with Gasteiger partial charge in [-0.05, 0) is 54.5 Å². The highest BCUT2D eigenvalue weighted by molar-refractivity contribution is 5.94. The fourth-order valence-corrected chi connectivity index (χ4v) is 4.33. The highest BCUT2D eigenvalue weighted by Crippen LogP contribution is 2.41. The Morgan fingerprint density at radius 3 is 2.64 bits per heavy atom. The van der Waals surface area contributed by atoms with Gasteiger partial charge in [-0.1, -0.05) is 36.4 Å². The van der Waals surface area contributed by atoms with Crippen molar-refractivity contribution in [3.05, 3.63) is 71.6 Å². The first kappa shape index (κ1) is 18.4. The molecule has 3 atom stereocenters. The molecule has 1 aromatic heterocycles. The fraction of sp³-hybridized carbons (Fsp3) is 0.348. The van der Waals surface area contributed by atoms with Crippen LogP contribution in [0.25, 0.3) is 5.57 Å². The van der Waals surface area contributed by atoms with Crippen molar-refractivity contribution < 1.29 is 9.90 Å². The second-order valence-corrected chi connectivity index (χ2v) is 7.37. The molecule has 1 saturated heterocycles. The number of likely N-dealkylation sites (tertiary alicyclic amines) is 1. The van der Waals surface area contributed by atoms with Gasteiger partial charge in [0, 0.05) is 12.1 Å². The number of aliphatic hydroxyl groups excluding tert-OH is 1. The quantitative estimate of drug-likeness (QED) is 0.889. The Balaban J connectivity index is 1.57. The zero-order chi connectivity index (χ0) is 19.5. The van der Waals surface area contributed by atoms with E-state index in [2.05, 4.69) is 29.3 Å². The lowest BCUT2D eigenvalue weighted by Crippen LogP contribution is -2.65. The van der Waals surface area contributed by atoms with Crippen LogP contribution >= 0.6 is 0 Å². The Kier molecular flexibility index (Phi) is 5.23. The van der Waals surface area contributed by atoms with E-state index in [1.54, 1.807) is 24.4 Å². The summed E-state index contributed by atoms with van der Waals surface area (Å²) in [7, 11) is 0. The minimum atomic E-state index is -0.605. The number of pyridine rings is 1. The van der Waals surface area contributed by atoms with Gasteiger partial charge < -0.3 is 10.0 Å². The predicted molar refractivity (Wildman–Crippen MR) is 106 cm³/mol. The lowest BCUT2D eigenvalue weighted by atomic mass is 9.75. The first-order valence-corrected chi connectivity index (χ1v) is 9.78. The average molecular weight is 373 g/mol. The number of hydrogen-bond acceptors (Lipinski definition) is 4. The molecule has 2 aromatic rings. The van der Waals surface area contributed by atoms with Gasteiger partial charge in [-0.2, -0.15) is 5.26 Å². The summed E-state index contributed by atoms with van der Waals surface area (Å²) in [5.74, 6) is -0.511. The molecule has 4 rings (SSSR count). The number of aromatic nitrogens is 1. The number of nitrogens with zero attached hydrogens (tertiary/aromatic N) is 3. The zero-order valence-corrected chi connectivity index (χ0v) is 15.7. The van der Waals surface area contributed by atoms with E-state index < -0.39 is 12.1 Å². The standard InChI is InChI=1S/C23H23N3O2/c24-14-20-22(18-11-9-17(10-12-18)16-6-2-1-3-7-16)21(15-27)26(20)23(28)19-8-4-5-13-25-19/h4-6,8-13,20-22,27H,1-3,7,15H2/t20-,21+,22-/m1/s1. The third-order valence-corrected chi connectivity index (χ3v) is 5.81. The number of aliphatic hydroxyl groups is 1. The number of amides is 1. The van der Waals surface area contributed by atoms with Crippen molar-refractivity contribution in [3.8, 4) is 6.07 Å². The van der Waals surface area contributed by atoms with Crippen LogP contribution in [0.3, 0.4) is 0 Å². The monoisotopic (exact) mass is 373 g/mol. The SMILES string of the molecule is N#C[C@@H]1[C@@H](c2ccc(C3=CCCCC3)cc2)[C@H](CO)N1C(=O)c1ccccn1. The minimum absolute atomic E-state index is 0.186. The van der Waals surface area contributed by atoms with Gasteiger partial charge in [0.15, 0.2) is 0 Å². The van der Waals surface area contributed by atoms with Gasteiger partial charge in [-0.15, -0.1) is 0 Å². The number of hydrogen-bond donors (Lipinski definition) is 1. The van der Waals surface area contributed by atoms with Gasteiger partial charge in [-0.3, -0.25) is 9.78 Å². The van der Waals surface area contributed by atoms with Crippen LogP contribution in [0.5, 0.6) is 0 Å². The Morgan fingerprint density at radius 2 is 2.04 bits per heavy atom. The normalized spacial score (nSPS) is 24.1. The molecule has 1 amide bonds. The summed E-state index contributed by atoms with van der Waals surface area (Å²) >= 11 is 0. The van der Waals surface area contributed by atoms with Crippen LogP contribution in [0.15, 0.2) is 54.7 Å². The van der Waals surface area contributed by atoms with Gasteiger partial charge in [-0.25, -0.2) is 0 Å². The maximum atomic E-state index is 12.8. The first-order valence-electron chi connectivity index (χ1n) is 9.78. The Morgan fingerprint density at radius 1 is 1.21 bits per heavy atom. The maximum Gasteiger partial charge on any atom is 0.273 e. The van der Waals surface area contributed by atoms with E-state index in [0.29, 0.717) is 5.69 Å². The molecule has 1 aliphatic carbocycles. The molecule has 5 heteroatoms. The molecule has 28 heavy (non-hydrogen) atoms. The summed E-state index contributed by atoms with van der Waals surface area (Å²) in [6, 6.07) is 14.6. The number of carbonyl (C=O) groups excluding carboxylic acids is 1. The summed E-state index contributed by atoms with van der Waals surface area (Å²) < 4.78 is 0. The van der Waals surface area contributed by atoms with Crippen LogP contribution in [-0.4, -0.2) is 39.6 Å².